The zero-order valence-electron chi connectivity index (χ0n) is 28.7. The lowest BCUT2D eigenvalue weighted by atomic mass is 9.92. The fraction of sp³-hybridized carbons (Fsp3) is 0.421. The van der Waals surface area contributed by atoms with Gasteiger partial charge in [0.1, 0.15) is 35.6 Å². The second-order valence-corrected chi connectivity index (χ2v) is 13.8. The molecule has 0 unspecified atom stereocenters. The molecule has 0 spiro atoms. The Morgan fingerprint density at radius 3 is 2.68 bits per heavy atom. The van der Waals surface area contributed by atoms with Gasteiger partial charge in [-0.25, -0.2) is 13.2 Å². The molecule has 2 aromatic carbocycles. The van der Waals surface area contributed by atoms with Crippen molar-refractivity contribution in [1.29, 1.82) is 0 Å². The molecule has 3 heterocycles. The summed E-state index contributed by atoms with van der Waals surface area (Å²) in [6, 6.07) is 5.83. The third kappa shape index (κ3) is 6.24. The van der Waals surface area contributed by atoms with E-state index in [-0.39, 0.29) is 70.4 Å². The van der Waals surface area contributed by atoms with Crippen LogP contribution in [0.5, 0.6) is 6.01 Å². The normalized spacial score (nSPS) is 20.9. The van der Waals surface area contributed by atoms with Crippen LogP contribution in [0, 0.1) is 24.0 Å². The van der Waals surface area contributed by atoms with Crippen molar-refractivity contribution in [3.63, 3.8) is 0 Å². The van der Waals surface area contributed by atoms with Gasteiger partial charge in [0.2, 0.25) is 5.91 Å². The highest BCUT2D eigenvalue weighted by atomic mass is 19.1. The number of benzene rings is 2. The van der Waals surface area contributed by atoms with Crippen LogP contribution in [-0.4, -0.2) is 86.8 Å². The molecule has 2 aromatic heterocycles. The smallest absolute Gasteiger partial charge is 0.319 e. The van der Waals surface area contributed by atoms with Crippen LogP contribution < -0.4 is 10.1 Å². The van der Waals surface area contributed by atoms with E-state index in [1.807, 2.05) is 18.9 Å². The summed E-state index contributed by atoms with van der Waals surface area (Å²) >= 11 is 0. The second kappa shape index (κ2) is 13.5. The van der Waals surface area contributed by atoms with Gasteiger partial charge in [-0.3, -0.25) is 14.7 Å². The number of terminal acetylenes is 1. The van der Waals surface area contributed by atoms with E-state index in [2.05, 4.69) is 32.8 Å². The first kappa shape index (κ1) is 35.1. The zero-order chi connectivity index (χ0) is 36.0. The standard InChI is InChI=1S/C38H41F3N6O3/c1-7-26-29(40)12-11-23-15-24(22(3)48)16-27(31(23)26)33-32(41)34-28(18-42-33)35(43-20-38(13-9-10-14-38)47(6)30(49)8-2)45-36(44-34)50-21-37(4)17-25(39)19-46(37)5/h1,8,11-12,15-16,18,22,25,48H,2,9-10,13-14,17,19-21H2,3-6H3,(H,43,44,45)/t22-,25+,37-/m0/s1. The number of anilines is 1. The Kier molecular flexibility index (Phi) is 9.50. The molecule has 9 nitrogen and oxygen atoms in total. The van der Waals surface area contributed by atoms with Gasteiger partial charge in [-0.15, -0.1) is 6.42 Å². The van der Waals surface area contributed by atoms with Gasteiger partial charge < -0.3 is 20.1 Å². The van der Waals surface area contributed by atoms with Gasteiger partial charge >= 0.3 is 6.01 Å². The molecule has 2 fully saturated rings. The van der Waals surface area contributed by atoms with Crippen molar-refractivity contribution in [2.24, 2.45) is 0 Å². The molecule has 262 valence electrons. The van der Waals surface area contributed by atoms with E-state index in [1.165, 1.54) is 24.4 Å². The highest BCUT2D eigenvalue weighted by Crippen LogP contribution is 2.39. The number of halogens is 3. The Bertz CT molecular complexity index is 2030. The Hall–Kier alpha value is -4.73. The lowest BCUT2D eigenvalue weighted by Crippen LogP contribution is -2.51. The Morgan fingerprint density at radius 1 is 1.30 bits per heavy atom. The molecular weight excluding hydrogens is 645 g/mol. The highest BCUT2D eigenvalue weighted by molar-refractivity contribution is 6.02. The molecule has 1 amide bonds. The maximum absolute atomic E-state index is 17.0. The number of nitrogens with one attached hydrogen (secondary N) is 1. The number of carbonyl (C=O) groups excluding carboxylic acids is 1. The molecule has 0 radical (unpaired) electrons. The fourth-order valence-corrected chi connectivity index (χ4v) is 7.34. The molecule has 2 N–H and O–H groups in total. The van der Waals surface area contributed by atoms with Crippen LogP contribution in [0.3, 0.4) is 0 Å². The number of ether oxygens (including phenoxy) is 1. The first-order valence-electron chi connectivity index (χ1n) is 16.7. The number of alkyl halides is 1. The molecule has 1 aliphatic heterocycles. The first-order chi connectivity index (χ1) is 23.8. The summed E-state index contributed by atoms with van der Waals surface area (Å²) < 4.78 is 52.4. The monoisotopic (exact) mass is 686 g/mol. The van der Waals surface area contributed by atoms with E-state index in [0.717, 1.165) is 25.7 Å². The van der Waals surface area contributed by atoms with E-state index in [0.29, 0.717) is 17.5 Å². The SMILES string of the molecule is C#Cc1c(F)ccc2cc([C@H](C)O)cc(-c3ncc4c(NCC5(N(C)C(=O)C=C)CCCC5)nc(OC[C@]5(C)C[C@@H](F)CN5C)nc4c3F)c12. The minimum absolute atomic E-state index is 0.0425. The molecule has 6 rings (SSSR count). The third-order valence-corrected chi connectivity index (χ3v) is 10.5. The second-order valence-electron chi connectivity index (χ2n) is 13.8. The van der Waals surface area contributed by atoms with E-state index < -0.39 is 35.0 Å². The van der Waals surface area contributed by atoms with Crippen LogP contribution in [0.4, 0.5) is 19.0 Å². The van der Waals surface area contributed by atoms with Crippen molar-refractivity contribution >= 4 is 33.4 Å². The summed E-state index contributed by atoms with van der Waals surface area (Å²) in [5.41, 5.74) is -0.894. The molecule has 1 aliphatic carbocycles. The number of aromatic nitrogens is 3. The van der Waals surface area contributed by atoms with Crippen molar-refractivity contribution in [1.82, 2.24) is 24.8 Å². The summed E-state index contributed by atoms with van der Waals surface area (Å²) in [5.74, 6) is 0.920. The number of aliphatic hydroxyl groups excluding tert-OH is 1. The topological polar surface area (TPSA) is 104 Å². The minimum Gasteiger partial charge on any atom is -0.461 e. The average molecular weight is 687 g/mol. The van der Waals surface area contributed by atoms with Gasteiger partial charge in [0, 0.05) is 43.7 Å². The summed E-state index contributed by atoms with van der Waals surface area (Å²) in [4.78, 5) is 29.9. The average Bonchev–Trinajstić information content (AvgIpc) is 3.68. The van der Waals surface area contributed by atoms with E-state index in [4.69, 9.17) is 11.2 Å². The molecule has 4 aromatic rings. The number of carbonyl (C=O) groups is 1. The van der Waals surface area contributed by atoms with Gasteiger partial charge in [-0.1, -0.05) is 31.4 Å². The maximum Gasteiger partial charge on any atom is 0.319 e. The zero-order valence-corrected chi connectivity index (χ0v) is 28.7. The van der Waals surface area contributed by atoms with Gasteiger partial charge in [0.25, 0.3) is 0 Å². The Morgan fingerprint density at radius 2 is 2.04 bits per heavy atom. The van der Waals surface area contributed by atoms with E-state index in [9.17, 15) is 18.7 Å². The van der Waals surface area contributed by atoms with Crippen LogP contribution in [-0.2, 0) is 4.79 Å². The molecule has 50 heavy (non-hydrogen) atoms. The van der Waals surface area contributed by atoms with Crippen molar-refractivity contribution in [3.05, 3.63) is 65.9 Å². The van der Waals surface area contributed by atoms with E-state index >= 15 is 4.39 Å². The predicted molar refractivity (Wildman–Crippen MR) is 187 cm³/mol. The number of fused-ring (bicyclic) bond motifs is 2. The first-order valence-corrected chi connectivity index (χ1v) is 16.7. The van der Waals surface area contributed by atoms with Gasteiger partial charge in [-0.05, 0) is 69.0 Å². The number of hydrogen-bond acceptors (Lipinski definition) is 8. The molecule has 3 atom stereocenters. The molecule has 1 saturated heterocycles. The third-order valence-electron chi connectivity index (χ3n) is 10.5. The van der Waals surface area contributed by atoms with Crippen LogP contribution in [0.15, 0.2) is 43.1 Å². The largest absolute Gasteiger partial charge is 0.461 e. The molecule has 1 saturated carbocycles. The van der Waals surface area contributed by atoms with Crippen LogP contribution >= 0.6 is 0 Å². The number of pyridine rings is 1. The lowest BCUT2D eigenvalue weighted by molar-refractivity contribution is -0.129. The van der Waals surface area contributed by atoms with Crippen molar-refractivity contribution in [2.75, 3.05) is 39.1 Å². The summed E-state index contributed by atoms with van der Waals surface area (Å²) in [6.45, 7) is 7.70. The number of likely N-dealkylation sites (tertiary alicyclic amines) is 1. The van der Waals surface area contributed by atoms with Crippen molar-refractivity contribution in [2.45, 2.75) is 69.3 Å². The van der Waals surface area contributed by atoms with E-state index in [1.54, 1.807) is 31.0 Å². The van der Waals surface area contributed by atoms with Crippen LogP contribution in [0.2, 0.25) is 0 Å². The molecule has 0 bridgehead atoms. The fourth-order valence-electron chi connectivity index (χ4n) is 7.34. The van der Waals surface area contributed by atoms with Crippen LogP contribution in [0.25, 0.3) is 32.9 Å². The van der Waals surface area contributed by atoms with Gasteiger partial charge in [-0.2, -0.15) is 9.97 Å². The lowest BCUT2D eigenvalue weighted by Gasteiger charge is -2.38. The predicted octanol–water partition coefficient (Wildman–Crippen LogP) is 6.34. The number of aliphatic hydroxyl groups is 1. The summed E-state index contributed by atoms with van der Waals surface area (Å²) in [7, 11) is 3.56. The number of nitrogens with zero attached hydrogens (tertiary/aromatic N) is 5. The quantitative estimate of drug-likeness (QED) is 0.147. The summed E-state index contributed by atoms with van der Waals surface area (Å²) in [6.07, 6.45) is 10.1. The van der Waals surface area contributed by atoms with Crippen molar-refractivity contribution < 1.29 is 27.8 Å². The van der Waals surface area contributed by atoms with Gasteiger partial charge in [0.05, 0.1) is 28.1 Å². The Labute approximate surface area is 289 Å². The number of rotatable bonds is 10. The summed E-state index contributed by atoms with van der Waals surface area (Å²) in [5, 5.41) is 14.8. The highest BCUT2D eigenvalue weighted by Gasteiger charge is 2.42. The van der Waals surface area contributed by atoms with Crippen molar-refractivity contribution in [3.8, 4) is 29.6 Å². The number of amides is 1. The van der Waals surface area contributed by atoms with Crippen LogP contribution in [0.1, 0.15) is 63.2 Å². The molecule has 12 heteroatoms. The van der Waals surface area contributed by atoms with Gasteiger partial charge in [0.15, 0.2) is 5.82 Å². The molecule has 2 aliphatic rings. The minimum atomic E-state index is -1.02. The Balaban J connectivity index is 1.50. The molecular formula is C38H41F3N6O3. The maximum atomic E-state index is 17.0. The number of hydrogen-bond donors (Lipinski definition) is 2. The number of likely N-dealkylation sites (N-methyl/N-ethyl adjacent to an activating group) is 2.